The highest BCUT2D eigenvalue weighted by atomic mass is 32.2. The molecule has 0 heterocycles. The van der Waals surface area contributed by atoms with Crippen molar-refractivity contribution in [3.05, 3.63) is 23.3 Å². The minimum atomic E-state index is -3.79. The van der Waals surface area contributed by atoms with Crippen LogP contribution in [-0.4, -0.2) is 49.2 Å². The molecule has 0 spiro atoms. The van der Waals surface area contributed by atoms with Crippen LogP contribution in [0.15, 0.2) is 17.0 Å². The third-order valence-electron chi connectivity index (χ3n) is 3.38. The van der Waals surface area contributed by atoms with Crippen LogP contribution in [-0.2, 0) is 22.9 Å². The number of nitrogen functional groups attached to an aromatic ring is 1. The van der Waals surface area contributed by atoms with Crippen LogP contribution in [0.3, 0.4) is 0 Å². The Labute approximate surface area is 126 Å². The van der Waals surface area contributed by atoms with Crippen LogP contribution in [0.1, 0.15) is 25.0 Å². The molecule has 0 aromatic heterocycles. The van der Waals surface area contributed by atoms with Crippen molar-refractivity contribution in [1.29, 1.82) is 0 Å². The number of nitrogens with two attached hydrogens (primary N) is 1. The topological polar surface area (TPSA) is 104 Å². The predicted octanol–water partition coefficient (Wildman–Crippen LogP) is 0.369. The van der Waals surface area contributed by atoms with E-state index in [1.165, 1.54) is 0 Å². The minimum absolute atomic E-state index is 0.0533. The molecule has 120 valence electrons. The van der Waals surface area contributed by atoms with Gasteiger partial charge in [0.25, 0.3) is 0 Å². The maximum atomic E-state index is 12.8. The average molecular weight is 316 g/mol. The lowest BCUT2D eigenvalue weighted by atomic mass is 10.1. The molecule has 1 aromatic rings. The number of hydrogen-bond acceptors (Lipinski definition) is 5. The standard InChI is InChI=1S/C14H24N2O4S/c1-3-11-9-13(15)12(4-2)14(10-11)21(19,20)16(5-7-17)6-8-18/h9-10,17-18H,3-8,15H2,1-2H3. The smallest absolute Gasteiger partial charge is 0.243 e. The molecule has 0 bridgehead atoms. The van der Waals surface area contributed by atoms with Gasteiger partial charge in [-0.15, -0.1) is 0 Å². The van der Waals surface area contributed by atoms with Crippen LogP contribution < -0.4 is 5.73 Å². The second kappa shape index (κ2) is 7.74. The van der Waals surface area contributed by atoms with Crippen LogP contribution in [0.5, 0.6) is 0 Å². The zero-order valence-electron chi connectivity index (χ0n) is 12.5. The van der Waals surface area contributed by atoms with Crippen molar-refractivity contribution in [2.75, 3.05) is 32.0 Å². The number of anilines is 1. The highest BCUT2D eigenvalue weighted by molar-refractivity contribution is 7.89. The van der Waals surface area contributed by atoms with Crippen molar-refractivity contribution in [2.24, 2.45) is 0 Å². The number of aliphatic hydroxyl groups excluding tert-OH is 2. The number of aliphatic hydroxyl groups is 2. The van der Waals surface area contributed by atoms with E-state index < -0.39 is 10.0 Å². The first kappa shape index (κ1) is 17.9. The van der Waals surface area contributed by atoms with Gasteiger partial charge in [0.15, 0.2) is 0 Å². The fourth-order valence-corrected chi connectivity index (χ4v) is 4.05. The summed E-state index contributed by atoms with van der Waals surface area (Å²) in [5, 5.41) is 18.1. The molecule has 1 aromatic carbocycles. The summed E-state index contributed by atoms with van der Waals surface area (Å²) in [6.07, 6.45) is 1.17. The molecule has 0 aliphatic rings. The first-order valence-electron chi connectivity index (χ1n) is 7.05. The number of sulfonamides is 1. The Kier molecular flexibility index (Phi) is 6.60. The third-order valence-corrected chi connectivity index (χ3v) is 5.35. The highest BCUT2D eigenvalue weighted by Crippen LogP contribution is 2.27. The molecule has 6 nitrogen and oxygen atoms in total. The number of benzene rings is 1. The Hall–Kier alpha value is -1.15. The van der Waals surface area contributed by atoms with Crippen LogP contribution in [0.25, 0.3) is 0 Å². The van der Waals surface area contributed by atoms with Gasteiger partial charge < -0.3 is 15.9 Å². The molecule has 0 atom stereocenters. The molecular weight excluding hydrogens is 292 g/mol. The summed E-state index contributed by atoms with van der Waals surface area (Å²) in [5.41, 5.74) is 7.85. The van der Waals surface area contributed by atoms with Crippen LogP contribution in [0.2, 0.25) is 0 Å². The quantitative estimate of drug-likeness (QED) is 0.601. The van der Waals surface area contributed by atoms with E-state index in [1.54, 1.807) is 12.1 Å². The van der Waals surface area contributed by atoms with E-state index >= 15 is 0 Å². The summed E-state index contributed by atoms with van der Waals surface area (Å²) < 4.78 is 26.6. The van der Waals surface area contributed by atoms with Gasteiger partial charge in [0, 0.05) is 18.8 Å². The number of hydrogen-bond donors (Lipinski definition) is 3. The fourth-order valence-electron chi connectivity index (χ4n) is 2.25. The predicted molar refractivity (Wildman–Crippen MR) is 82.5 cm³/mol. The Balaban J connectivity index is 3.43. The molecule has 21 heavy (non-hydrogen) atoms. The molecule has 4 N–H and O–H groups in total. The van der Waals surface area contributed by atoms with E-state index in [1.807, 2.05) is 13.8 Å². The van der Waals surface area contributed by atoms with E-state index in [0.29, 0.717) is 24.1 Å². The maximum Gasteiger partial charge on any atom is 0.243 e. The summed E-state index contributed by atoms with van der Waals surface area (Å²) in [7, 11) is -3.79. The van der Waals surface area contributed by atoms with Gasteiger partial charge in [-0.3, -0.25) is 0 Å². The molecule has 0 unspecified atom stereocenters. The zero-order chi connectivity index (χ0) is 16.0. The Morgan fingerprint density at radius 2 is 1.67 bits per heavy atom. The summed E-state index contributed by atoms with van der Waals surface area (Å²) in [4.78, 5) is 0.170. The van der Waals surface area contributed by atoms with E-state index in [2.05, 4.69) is 0 Å². The molecule has 0 saturated heterocycles. The van der Waals surface area contributed by atoms with Crippen LogP contribution >= 0.6 is 0 Å². The normalized spacial score (nSPS) is 12.0. The second-order valence-corrected chi connectivity index (χ2v) is 6.63. The van der Waals surface area contributed by atoms with E-state index in [-0.39, 0.29) is 31.2 Å². The van der Waals surface area contributed by atoms with E-state index in [0.717, 1.165) is 9.87 Å². The maximum absolute atomic E-state index is 12.8. The van der Waals surface area contributed by atoms with Crippen molar-refractivity contribution in [3.8, 4) is 0 Å². The largest absolute Gasteiger partial charge is 0.398 e. The van der Waals surface area contributed by atoms with Gasteiger partial charge in [-0.05, 0) is 36.1 Å². The Morgan fingerprint density at radius 1 is 1.10 bits per heavy atom. The van der Waals surface area contributed by atoms with Gasteiger partial charge in [-0.1, -0.05) is 13.8 Å². The van der Waals surface area contributed by atoms with Crippen molar-refractivity contribution in [2.45, 2.75) is 31.6 Å². The lowest BCUT2D eigenvalue weighted by molar-refractivity contribution is 0.217. The summed E-state index contributed by atoms with van der Waals surface area (Å²) in [5.74, 6) is 0. The van der Waals surface area contributed by atoms with Gasteiger partial charge in [-0.25, -0.2) is 8.42 Å². The summed E-state index contributed by atoms with van der Waals surface area (Å²) >= 11 is 0. The number of aryl methyl sites for hydroxylation is 1. The molecule has 0 aliphatic heterocycles. The molecular formula is C14H24N2O4S. The monoisotopic (exact) mass is 316 g/mol. The molecule has 0 radical (unpaired) electrons. The van der Waals surface area contributed by atoms with Gasteiger partial charge in [-0.2, -0.15) is 4.31 Å². The molecule has 7 heteroatoms. The van der Waals surface area contributed by atoms with Crippen molar-refractivity contribution < 1.29 is 18.6 Å². The van der Waals surface area contributed by atoms with Crippen molar-refractivity contribution in [3.63, 3.8) is 0 Å². The first-order valence-corrected chi connectivity index (χ1v) is 8.49. The first-order chi connectivity index (χ1) is 9.92. The van der Waals surface area contributed by atoms with Crippen LogP contribution in [0.4, 0.5) is 5.69 Å². The van der Waals surface area contributed by atoms with Crippen molar-refractivity contribution in [1.82, 2.24) is 4.31 Å². The van der Waals surface area contributed by atoms with Gasteiger partial charge >= 0.3 is 0 Å². The number of rotatable bonds is 8. The van der Waals surface area contributed by atoms with Gasteiger partial charge in [0.1, 0.15) is 0 Å². The van der Waals surface area contributed by atoms with Crippen LogP contribution in [0, 0.1) is 0 Å². The molecule has 1 rings (SSSR count). The number of nitrogens with zero attached hydrogens (tertiary/aromatic N) is 1. The second-order valence-electron chi connectivity index (χ2n) is 4.72. The van der Waals surface area contributed by atoms with E-state index in [9.17, 15) is 8.42 Å². The molecule has 0 amide bonds. The molecule has 0 saturated carbocycles. The summed E-state index contributed by atoms with van der Waals surface area (Å²) in [6.45, 7) is 3.06. The molecule has 0 aliphatic carbocycles. The third kappa shape index (κ3) is 3.94. The lowest BCUT2D eigenvalue weighted by Crippen LogP contribution is -2.36. The zero-order valence-corrected chi connectivity index (χ0v) is 13.4. The Bertz CT molecular complexity index is 567. The SMILES string of the molecule is CCc1cc(N)c(CC)c(S(=O)(=O)N(CCO)CCO)c1. The fraction of sp³-hybridized carbons (Fsp3) is 0.571. The Morgan fingerprint density at radius 3 is 2.10 bits per heavy atom. The van der Waals surface area contributed by atoms with E-state index in [4.69, 9.17) is 15.9 Å². The molecule has 0 fully saturated rings. The average Bonchev–Trinajstić information content (AvgIpc) is 2.46. The van der Waals surface area contributed by atoms with Gasteiger partial charge in [0.2, 0.25) is 10.0 Å². The lowest BCUT2D eigenvalue weighted by Gasteiger charge is -2.23. The summed E-state index contributed by atoms with van der Waals surface area (Å²) in [6, 6.07) is 3.42. The van der Waals surface area contributed by atoms with Gasteiger partial charge in [0.05, 0.1) is 18.1 Å². The minimum Gasteiger partial charge on any atom is -0.398 e. The highest BCUT2D eigenvalue weighted by Gasteiger charge is 2.27. The van der Waals surface area contributed by atoms with Crippen molar-refractivity contribution >= 4 is 15.7 Å².